The number of ketones is 1. The van der Waals surface area contributed by atoms with E-state index in [-0.39, 0.29) is 29.2 Å². The van der Waals surface area contributed by atoms with E-state index in [4.69, 9.17) is 0 Å². The van der Waals surface area contributed by atoms with E-state index in [1.54, 1.807) is 36.5 Å². The quantitative estimate of drug-likeness (QED) is 0.711. The molecule has 0 aliphatic carbocycles. The lowest BCUT2D eigenvalue weighted by molar-refractivity contribution is -0.123. The SMILES string of the molecule is CC(=O)C1CC(C(=O)Nc2cc(C(=O)NCC(F)(F)F)ccc2C)=NN1c1ccccc1. The lowest BCUT2D eigenvalue weighted by Gasteiger charge is -2.20. The second-order valence-electron chi connectivity index (χ2n) is 7.34. The number of alkyl halides is 3. The van der Waals surface area contributed by atoms with Crippen LogP contribution in [0.1, 0.15) is 29.3 Å². The molecule has 2 aromatic rings. The van der Waals surface area contributed by atoms with Crippen LogP contribution in [0.4, 0.5) is 24.5 Å². The van der Waals surface area contributed by atoms with Crippen LogP contribution in [0, 0.1) is 6.92 Å². The van der Waals surface area contributed by atoms with Crippen molar-refractivity contribution < 1.29 is 27.6 Å². The summed E-state index contributed by atoms with van der Waals surface area (Å²) >= 11 is 0. The van der Waals surface area contributed by atoms with Gasteiger partial charge in [0.05, 0.1) is 5.69 Å². The normalized spacial score (nSPS) is 15.8. The third-order valence-corrected chi connectivity index (χ3v) is 4.86. The van der Waals surface area contributed by atoms with Gasteiger partial charge in [-0.25, -0.2) is 0 Å². The number of para-hydroxylation sites is 1. The number of halogens is 3. The molecule has 0 saturated heterocycles. The van der Waals surface area contributed by atoms with Gasteiger partial charge in [-0.3, -0.25) is 19.4 Å². The largest absolute Gasteiger partial charge is 0.405 e. The topological polar surface area (TPSA) is 90.9 Å². The molecule has 1 aliphatic heterocycles. The Kier molecular flexibility index (Phi) is 6.61. The zero-order valence-electron chi connectivity index (χ0n) is 17.4. The van der Waals surface area contributed by atoms with E-state index in [0.29, 0.717) is 11.3 Å². The Morgan fingerprint density at radius 1 is 1.09 bits per heavy atom. The zero-order chi connectivity index (χ0) is 23.5. The number of anilines is 2. The molecule has 7 nitrogen and oxygen atoms in total. The highest BCUT2D eigenvalue weighted by Gasteiger charge is 2.34. The summed E-state index contributed by atoms with van der Waals surface area (Å²) in [6, 6.07) is 12.5. The minimum atomic E-state index is -4.53. The highest BCUT2D eigenvalue weighted by Crippen LogP contribution is 2.26. The fraction of sp³-hybridized carbons (Fsp3) is 0.273. The molecule has 1 aliphatic rings. The Balaban J connectivity index is 1.78. The first kappa shape index (κ1) is 23.0. The molecule has 2 N–H and O–H groups in total. The van der Waals surface area contributed by atoms with Gasteiger partial charge in [-0.15, -0.1) is 0 Å². The maximum absolute atomic E-state index is 12.8. The first-order valence-electron chi connectivity index (χ1n) is 9.74. The maximum atomic E-state index is 12.8. The summed E-state index contributed by atoms with van der Waals surface area (Å²) < 4.78 is 37.0. The number of nitrogens with one attached hydrogen (secondary N) is 2. The molecule has 168 valence electrons. The second kappa shape index (κ2) is 9.21. The molecule has 1 heterocycles. The lowest BCUT2D eigenvalue weighted by atomic mass is 10.1. The van der Waals surface area contributed by atoms with Crippen molar-refractivity contribution in [3.05, 3.63) is 59.7 Å². The van der Waals surface area contributed by atoms with E-state index in [1.165, 1.54) is 30.1 Å². The van der Waals surface area contributed by atoms with Gasteiger partial charge in [0.15, 0.2) is 5.78 Å². The zero-order valence-corrected chi connectivity index (χ0v) is 17.4. The minimum absolute atomic E-state index is 0.0314. The van der Waals surface area contributed by atoms with Gasteiger partial charge in [-0.2, -0.15) is 18.3 Å². The summed E-state index contributed by atoms with van der Waals surface area (Å²) in [4.78, 5) is 36.9. The lowest BCUT2D eigenvalue weighted by Crippen LogP contribution is -2.34. The van der Waals surface area contributed by atoms with Gasteiger partial charge >= 0.3 is 6.18 Å². The number of aryl methyl sites for hydroxylation is 1. The van der Waals surface area contributed by atoms with Crippen LogP contribution in [0.15, 0.2) is 53.6 Å². The van der Waals surface area contributed by atoms with E-state index in [0.717, 1.165) is 0 Å². The average molecular weight is 446 g/mol. The van der Waals surface area contributed by atoms with Crippen LogP contribution in [0.3, 0.4) is 0 Å². The van der Waals surface area contributed by atoms with Crippen LogP contribution in [0.2, 0.25) is 0 Å². The van der Waals surface area contributed by atoms with Crippen molar-refractivity contribution in [1.29, 1.82) is 0 Å². The fourth-order valence-corrected chi connectivity index (χ4v) is 3.16. The van der Waals surface area contributed by atoms with Crippen LogP contribution < -0.4 is 15.6 Å². The number of benzene rings is 2. The van der Waals surface area contributed by atoms with Gasteiger partial charge in [0.25, 0.3) is 11.8 Å². The van der Waals surface area contributed by atoms with Gasteiger partial charge in [-0.05, 0) is 43.7 Å². The summed E-state index contributed by atoms with van der Waals surface area (Å²) in [6.07, 6.45) is -4.43. The molecule has 3 rings (SSSR count). The summed E-state index contributed by atoms with van der Waals surface area (Å²) in [5.74, 6) is -1.63. The predicted octanol–water partition coefficient (Wildman–Crippen LogP) is 3.45. The number of Topliss-reactive ketones (excluding diaryl/α,β-unsaturated/α-hetero) is 1. The Labute approximate surface area is 182 Å². The first-order chi connectivity index (χ1) is 15.0. The molecule has 0 bridgehead atoms. The number of amides is 2. The van der Waals surface area contributed by atoms with E-state index >= 15 is 0 Å². The van der Waals surface area contributed by atoms with Gasteiger partial charge < -0.3 is 10.6 Å². The van der Waals surface area contributed by atoms with Crippen molar-refractivity contribution in [1.82, 2.24) is 5.32 Å². The molecule has 32 heavy (non-hydrogen) atoms. The van der Waals surface area contributed by atoms with Crippen LogP contribution in [0.25, 0.3) is 0 Å². The smallest absolute Gasteiger partial charge is 0.343 e. The maximum Gasteiger partial charge on any atom is 0.405 e. The predicted molar refractivity (Wildman–Crippen MR) is 114 cm³/mol. The van der Waals surface area contributed by atoms with E-state index in [1.807, 2.05) is 6.07 Å². The van der Waals surface area contributed by atoms with Gasteiger partial charge in [0.1, 0.15) is 18.3 Å². The Hall–Kier alpha value is -3.69. The number of rotatable bonds is 6. The number of carbonyl (C=O) groups is 3. The van der Waals surface area contributed by atoms with Crippen molar-refractivity contribution >= 4 is 34.7 Å². The second-order valence-corrected chi connectivity index (χ2v) is 7.34. The number of hydrogen-bond acceptors (Lipinski definition) is 5. The molecule has 0 fully saturated rings. The molecule has 1 atom stereocenters. The summed E-state index contributed by atoms with van der Waals surface area (Å²) in [6.45, 7) is 1.64. The highest BCUT2D eigenvalue weighted by molar-refractivity contribution is 6.44. The van der Waals surface area contributed by atoms with Crippen molar-refractivity contribution in [2.75, 3.05) is 16.9 Å². The molecule has 2 aromatic carbocycles. The minimum Gasteiger partial charge on any atom is -0.343 e. The molecule has 2 amide bonds. The standard InChI is InChI=1S/C22H21F3N4O3/c1-13-8-9-15(20(31)26-12-22(23,24)25)10-17(13)27-21(32)18-11-19(14(2)30)29(28-18)16-6-4-3-5-7-16/h3-10,19H,11-12H2,1-2H3,(H,26,31)(H,27,32). The number of hydrazone groups is 1. The Morgan fingerprint density at radius 2 is 1.78 bits per heavy atom. The number of nitrogens with zero attached hydrogens (tertiary/aromatic N) is 2. The van der Waals surface area contributed by atoms with Crippen molar-refractivity contribution in [2.45, 2.75) is 32.5 Å². The molecule has 1 unspecified atom stereocenters. The highest BCUT2D eigenvalue weighted by atomic mass is 19.4. The Morgan fingerprint density at radius 3 is 2.41 bits per heavy atom. The summed E-state index contributed by atoms with van der Waals surface area (Å²) in [5.41, 5.74) is 1.62. The Bertz CT molecular complexity index is 1070. The summed E-state index contributed by atoms with van der Waals surface area (Å²) in [5, 5.41) is 10.2. The van der Waals surface area contributed by atoms with Crippen LogP contribution in [-0.4, -0.2) is 42.1 Å². The molecule has 10 heteroatoms. The molecule has 0 spiro atoms. The first-order valence-corrected chi connectivity index (χ1v) is 9.74. The molecular formula is C22H21F3N4O3. The van der Waals surface area contributed by atoms with Crippen molar-refractivity contribution in [3.8, 4) is 0 Å². The van der Waals surface area contributed by atoms with Gasteiger partial charge in [0.2, 0.25) is 0 Å². The number of carbonyl (C=O) groups excluding carboxylic acids is 3. The molecular weight excluding hydrogens is 425 g/mol. The van der Waals surface area contributed by atoms with Crippen molar-refractivity contribution in [2.24, 2.45) is 5.10 Å². The fourth-order valence-electron chi connectivity index (χ4n) is 3.16. The summed E-state index contributed by atoms with van der Waals surface area (Å²) in [7, 11) is 0. The average Bonchev–Trinajstić information content (AvgIpc) is 3.20. The van der Waals surface area contributed by atoms with E-state index in [2.05, 4.69) is 10.4 Å². The van der Waals surface area contributed by atoms with Crippen molar-refractivity contribution in [3.63, 3.8) is 0 Å². The van der Waals surface area contributed by atoms with E-state index in [9.17, 15) is 27.6 Å². The van der Waals surface area contributed by atoms with Gasteiger partial charge in [-0.1, -0.05) is 24.3 Å². The van der Waals surface area contributed by atoms with Crippen LogP contribution in [0.5, 0.6) is 0 Å². The third kappa shape index (κ3) is 5.51. The monoisotopic (exact) mass is 446 g/mol. The molecule has 0 radical (unpaired) electrons. The number of hydrogen-bond donors (Lipinski definition) is 2. The van der Waals surface area contributed by atoms with Gasteiger partial charge in [0, 0.05) is 17.7 Å². The molecule has 0 aromatic heterocycles. The molecule has 0 saturated carbocycles. The van der Waals surface area contributed by atoms with Crippen LogP contribution >= 0.6 is 0 Å². The third-order valence-electron chi connectivity index (χ3n) is 4.86. The van der Waals surface area contributed by atoms with Crippen LogP contribution in [-0.2, 0) is 9.59 Å². The van der Waals surface area contributed by atoms with E-state index < -0.39 is 30.6 Å².